The fourth-order valence-corrected chi connectivity index (χ4v) is 3.77. The van der Waals surface area contributed by atoms with E-state index in [1.807, 2.05) is 30.0 Å². The highest BCUT2D eigenvalue weighted by atomic mass is 16.5. The lowest BCUT2D eigenvalue weighted by Crippen LogP contribution is -2.66. The van der Waals surface area contributed by atoms with Gasteiger partial charge < -0.3 is 18.8 Å². The largest absolute Gasteiger partial charge is 0.492 e. The van der Waals surface area contributed by atoms with Crippen LogP contribution in [0.2, 0.25) is 0 Å². The molecule has 2 aliphatic rings. The van der Waals surface area contributed by atoms with E-state index in [-0.39, 0.29) is 11.5 Å². The Labute approximate surface area is 146 Å². The average Bonchev–Trinajstić information content (AvgIpc) is 3.20. The number of pyridine rings is 1. The molecule has 6 heteroatoms. The third kappa shape index (κ3) is 3.02. The minimum Gasteiger partial charge on any atom is -0.492 e. The molecule has 1 amide bonds. The summed E-state index contributed by atoms with van der Waals surface area (Å²) in [6.07, 6.45) is 6.93. The van der Waals surface area contributed by atoms with Gasteiger partial charge in [0.15, 0.2) is 5.76 Å². The molecule has 0 aliphatic carbocycles. The van der Waals surface area contributed by atoms with Gasteiger partial charge in [0.25, 0.3) is 5.91 Å². The van der Waals surface area contributed by atoms with E-state index in [1.54, 1.807) is 18.7 Å². The monoisotopic (exact) mass is 342 g/mol. The standard InChI is InChI=1S/C19H22N2O4/c1-14-4-8-24-17(14)18(22)21-12-19(13-21)15(6-10-25-19)5-9-23-16-3-2-7-20-11-16/h2-4,7-8,11,15H,5-6,9-10,12-13H2,1H3/t15-/m0/s1. The van der Waals surface area contributed by atoms with Crippen LogP contribution in [0.1, 0.15) is 29.0 Å². The van der Waals surface area contributed by atoms with Gasteiger partial charge in [-0.05, 0) is 43.9 Å². The van der Waals surface area contributed by atoms with Gasteiger partial charge in [0.2, 0.25) is 0 Å². The molecule has 1 spiro atoms. The summed E-state index contributed by atoms with van der Waals surface area (Å²) in [4.78, 5) is 18.4. The van der Waals surface area contributed by atoms with Crippen molar-refractivity contribution in [1.82, 2.24) is 9.88 Å². The van der Waals surface area contributed by atoms with Crippen molar-refractivity contribution in [3.05, 3.63) is 48.2 Å². The first kappa shape index (κ1) is 16.1. The third-order valence-electron chi connectivity index (χ3n) is 5.23. The number of furan rings is 1. The van der Waals surface area contributed by atoms with Crippen molar-refractivity contribution in [2.24, 2.45) is 5.92 Å². The second-order valence-electron chi connectivity index (χ2n) is 6.82. The Bertz CT molecular complexity index is 737. The minimum atomic E-state index is -0.214. The average molecular weight is 342 g/mol. The van der Waals surface area contributed by atoms with E-state index in [4.69, 9.17) is 13.9 Å². The van der Waals surface area contributed by atoms with Crippen molar-refractivity contribution in [3.63, 3.8) is 0 Å². The van der Waals surface area contributed by atoms with E-state index in [0.717, 1.165) is 30.8 Å². The van der Waals surface area contributed by atoms with Crippen LogP contribution in [0, 0.1) is 12.8 Å². The van der Waals surface area contributed by atoms with Gasteiger partial charge in [-0.3, -0.25) is 9.78 Å². The molecular weight excluding hydrogens is 320 g/mol. The summed E-state index contributed by atoms with van der Waals surface area (Å²) >= 11 is 0. The molecule has 2 aromatic rings. The third-order valence-corrected chi connectivity index (χ3v) is 5.23. The molecule has 2 fully saturated rings. The fourth-order valence-electron chi connectivity index (χ4n) is 3.77. The van der Waals surface area contributed by atoms with Crippen LogP contribution >= 0.6 is 0 Å². The predicted octanol–water partition coefficient (Wildman–Crippen LogP) is 2.68. The highest BCUT2D eigenvalue weighted by Gasteiger charge is 2.54. The summed E-state index contributed by atoms with van der Waals surface area (Å²) in [7, 11) is 0. The van der Waals surface area contributed by atoms with E-state index >= 15 is 0 Å². The smallest absolute Gasteiger partial charge is 0.290 e. The van der Waals surface area contributed by atoms with Gasteiger partial charge in [0.1, 0.15) is 11.4 Å². The topological polar surface area (TPSA) is 64.8 Å². The van der Waals surface area contributed by atoms with E-state index in [1.165, 1.54) is 0 Å². The number of likely N-dealkylation sites (tertiary alicyclic amines) is 1. The van der Waals surface area contributed by atoms with Crippen LogP contribution < -0.4 is 4.74 Å². The highest BCUT2D eigenvalue weighted by molar-refractivity contribution is 5.93. The number of amides is 1. The fraction of sp³-hybridized carbons (Fsp3) is 0.474. The van der Waals surface area contributed by atoms with Crippen molar-refractivity contribution >= 4 is 5.91 Å². The maximum absolute atomic E-state index is 12.5. The Kier molecular flexibility index (Phi) is 4.21. The van der Waals surface area contributed by atoms with Crippen LogP contribution in [-0.2, 0) is 4.74 Å². The molecule has 0 bridgehead atoms. The van der Waals surface area contributed by atoms with Gasteiger partial charge in [0.05, 0.1) is 32.2 Å². The molecule has 0 saturated carbocycles. The maximum Gasteiger partial charge on any atom is 0.290 e. The Hall–Kier alpha value is -2.34. The Morgan fingerprint density at radius 1 is 1.44 bits per heavy atom. The number of hydrogen-bond acceptors (Lipinski definition) is 5. The molecule has 0 radical (unpaired) electrons. The molecule has 4 rings (SSSR count). The van der Waals surface area contributed by atoms with Crippen LogP contribution in [0.4, 0.5) is 0 Å². The molecule has 1 atom stereocenters. The maximum atomic E-state index is 12.5. The molecule has 0 aromatic carbocycles. The molecule has 2 aliphatic heterocycles. The summed E-state index contributed by atoms with van der Waals surface area (Å²) < 4.78 is 17.1. The van der Waals surface area contributed by atoms with Crippen molar-refractivity contribution < 1.29 is 18.7 Å². The molecule has 25 heavy (non-hydrogen) atoms. The minimum absolute atomic E-state index is 0.0472. The van der Waals surface area contributed by atoms with Gasteiger partial charge in [0, 0.05) is 18.4 Å². The Morgan fingerprint density at radius 3 is 3.04 bits per heavy atom. The number of carbonyl (C=O) groups is 1. The van der Waals surface area contributed by atoms with Crippen LogP contribution in [-0.4, -0.2) is 47.7 Å². The molecule has 4 heterocycles. The summed E-state index contributed by atoms with van der Waals surface area (Å²) in [5.41, 5.74) is 0.661. The molecule has 0 N–H and O–H groups in total. The zero-order chi connectivity index (χ0) is 17.3. The van der Waals surface area contributed by atoms with Crippen LogP contribution in [0.25, 0.3) is 0 Å². The summed E-state index contributed by atoms with van der Waals surface area (Å²) in [5.74, 6) is 1.58. The second-order valence-corrected chi connectivity index (χ2v) is 6.82. The van der Waals surface area contributed by atoms with E-state index in [0.29, 0.717) is 31.4 Å². The number of rotatable bonds is 5. The van der Waals surface area contributed by atoms with Gasteiger partial charge in [-0.25, -0.2) is 0 Å². The van der Waals surface area contributed by atoms with Crippen molar-refractivity contribution in [2.45, 2.75) is 25.4 Å². The SMILES string of the molecule is Cc1ccoc1C(=O)N1CC2(C1)OCC[C@@H]2CCOc1cccnc1. The molecule has 2 saturated heterocycles. The van der Waals surface area contributed by atoms with Crippen LogP contribution in [0.3, 0.4) is 0 Å². The van der Waals surface area contributed by atoms with Crippen molar-refractivity contribution in [3.8, 4) is 5.75 Å². The molecule has 6 nitrogen and oxygen atoms in total. The Morgan fingerprint density at radius 2 is 2.32 bits per heavy atom. The predicted molar refractivity (Wildman–Crippen MR) is 90.5 cm³/mol. The molecule has 0 unspecified atom stereocenters. The first-order chi connectivity index (χ1) is 12.2. The number of nitrogens with zero attached hydrogens (tertiary/aromatic N) is 2. The number of aryl methyl sites for hydroxylation is 1. The van der Waals surface area contributed by atoms with Gasteiger partial charge in [-0.1, -0.05) is 0 Å². The lowest BCUT2D eigenvalue weighted by atomic mass is 9.79. The molecule has 2 aromatic heterocycles. The van der Waals surface area contributed by atoms with Gasteiger partial charge >= 0.3 is 0 Å². The van der Waals surface area contributed by atoms with Crippen molar-refractivity contribution in [2.75, 3.05) is 26.3 Å². The van der Waals surface area contributed by atoms with E-state index in [9.17, 15) is 4.79 Å². The lowest BCUT2D eigenvalue weighted by Gasteiger charge is -2.50. The lowest BCUT2D eigenvalue weighted by molar-refractivity contribution is -0.119. The number of carbonyl (C=O) groups excluding carboxylic acids is 1. The zero-order valence-corrected chi connectivity index (χ0v) is 14.3. The Balaban J connectivity index is 1.32. The van der Waals surface area contributed by atoms with Crippen LogP contribution in [0.15, 0.2) is 41.3 Å². The summed E-state index contributed by atoms with van der Waals surface area (Å²) in [6.45, 7) is 4.52. The molecule has 132 valence electrons. The molecular formula is C19H22N2O4. The highest BCUT2D eigenvalue weighted by Crippen LogP contribution is 2.42. The van der Waals surface area contributed by atoms with E-state index in [2.05, 4.69) is 4.98 Å². The van der Waals surface area contributed by atoms with Crippen molar-refractivity contribution in [1.29, 1.82) is 0 Å². The number of hydrogen-bond donors (Lipinski definition) is 0. The summed E-state index contributed by atoms with van der Waals surface area (Å²) in [6, 6.07) is 5.58. The number of ether oxygens (including phenoxy) is 2. The number of aromatic nitrogens is 1. The quantitative estimate of drug-likeness (QED) is 0.836. The van der Waals surface area contributed by atoms with Gasteiger partial charge in [-0.2, -0.15) is 0 Å². The zero-order valence-electron chi connectivity index (χ0n) is 14.3. The summed E-state index contributed by atoms with van der Waals surface area (Å²) in [5, 5.41) is 0. The normalized spacial score (nSPS) is 21.3. The van der Waals surface area contributed by atoms with E-state index < -0.39 is 0 Å². The second kappa shape index (κ2) is 6.52. The first-order valence-electron chi connectivity index (χ1n) is 8.68. The van der Waals surface area contributed by atoms with Crippen LogP contribution in [0.5, 0.6) is 5.75 Å². The first-order valence-corrected chi connectivity index (χ1v) is 8.68. The van der Waals surface area contributed by atoms with Gasteiger partial charge in [-0.15, -0.1) is 0 Å².